The van der Waals surface area contributed by atoms with Crippen molar-refractivity contribution in [3.8, 4) is 0 Å². The second-order valence-electron chi connectivity index (χ2n) is 6.71. The molecule has 0 spiro atoms. The van der Waals surface area contributed by atoms with E-state index in [2.05, 4.69) is 27.7 Å². The first-order valence-electron chi connectivity index (χ1n) is 9.59. The summed E-state index contributed by atoms with van der Waals surface area (Å²) in [4.78, 5) is 0. The van der Waals surface area contributed by atoms with Crippen LogP contribution >= 0.6 is 0 Å². The fraction of sp³-hybridized carbons (Fsp3) is 1.00. The molecule has 0 aromatic rings. The van der Waals surface area contributed by atoms with Crippen molar-refractivity contribution in [2.24, 2.45) is 0 Å². The maximum absolute atomic E-state index is 2.35. The first kappa shape index (κ1) is 23.7. The molecule has 0 radical (unpaired) electrons. The van der Waals surface area contributed by atoms with Crippen LogP contribution in [0, 0.1) is 0 Å². The molecular weight excluding hydrogens is 322 g/mol. The van der Waals surface area contributed by atoms with Crippen LogP contribution in [0.3, 0.4) is 0 Å². The Hall–Kier alpha value is 0.440. The average Bonchev–Trinajstić information content (AvgIpc) is 2.43. The molecule has 2 heteroatoms. The van der Waals surface area contributed by atoms with E-state index in [0.717, 1.165) is 0 Å². The smallest absolute Gasteiger partial charge is 0.0786 e. The molecule has 0 aromatic heterocycles. The molecule has 0 saturated carbocycles. The Morgan fingerprint density at radius 2 is 0.810 bits per heavy atom. The van der Waals surface area contributed by atoms with Gasteiger partial charge in [0.15, 0.2) is 0 Å². The van der Waals surface area contributed by atoms with Gasteiger partial charge in [0.05, 0.1) is 26.2 Å². The standard InChI is InChI=1S/C19H42N.BrH/c1-5-9-10-11-12-13-14-15-19-20(16-6-2,17-7-3)18-8-4;/h5-19H2,1-4H3;1H/q+1;/p-1. The minimum absolute atomic E-state index is 0. The first-order valence-corrected chi connectivity index (χ1v) is 9.59. The van der Waals surface area contributed by atoms with Gasteiger partial charge in [-0.3, -0.25) is 0 Å². The van der Waals surface area contributed by atoms with Crippen LogP contribution in [0.1, 0.15) is 98.3 Å². The van der Waals surface area contributed by atoms with Gasteiger partial charge in [-0.1, -0.05) is 66.2 Å². The Bertz CT molecular complexity index is 177. The van der Waals surface area contributed by atoms with Crippen LogP contribution < -0.4 is 17.0 Å². The zero-order valence-electron chi connectivity index (χ0n) is 15.4. The van der Waals surface area contributed by atoms with Crippen LogP contribution in [0.15, 0.2) is 0 Å². The van der Waals surface area contributed by atoms with E-state index in [4.69, 9.17) is 0 Å². The lowest BCUT2D eigenvalue weighted by Gasteiger charge is -2.38. The highest BCUT2D eigenvalue weighted by molar-refractivity contribution is 4.49. The third-order valence-electron chi connectivity index (χ3n) is 4.58. The topological polar surface area (TPSA) is 0 Å². The van der Waals surface area contributed by atoms with Gasteiger partial charge in [0.1, 0.15) is 0 Å². The average molecular weight is 364 g/mol. The van der Waals surface area contributed by atoms with Crippen LogP contribution in [-0.4, -0.2) is 30.7 Å². The van der Waals surface area contributed by atoms with Crippen LogP contribution in [0.25, 0.3) is 0 Å². The molecule has 0 N–H and O–H groups in total. The van der Waals surface area contributed by atoms with Crippen molar-refractivity contribution in [2.75, 3.05) is 26.2 Å². The lowest BCUT2D eigenvalue weighted by molar-refractivity contribution is -0.928. The van der Waals surface area contributed by atoms with Crippen molar-refractivity contribution in [1.82, 2.24) is 0 Å². The molecule has 130 valence electrons. The molecule has 21 heavy (non-hydrogen) atoms. The Balaban J connectivity index is 0. The van der Waals surface area contributed by atoms with Gasteiger partial charge in [-0.15, -0.1) is 0 Å². The summed E-state index contributed by atoms with van der Waals surface area (Å²) in [6.07, 6.45) is 15.6. The fourth-order valence-corrected chi connectivity index (χ4v) is 3.67. The molecule has 0 aliphatic heterocycles. The zero-order chi connectivity index (χ0) is 15.1. The van der Waals surface area contributed by atoms with Crippen LogP contribution in [0.2, 0.25) is 0 Å². The van der Waals surface area contributed by atoms with Crippen LogP contribution in [0.4, 0.5) is 0 Å². The van der Waals surface area contributed by atoms with E-state index in [9.17, 15) is 0 Å². The maximum Gasteiger partial charge on any atom is 0.0786 e. The minimum atomic E-state index is 0. The Labute approximate surface area is 146 Å². The molecule has 0 aliphatic carbocycles. The van der Waals surface area contributed by atoms with Gasteiger partial charge in [0.2, 0.25) is 0 Å². The molecule has 0 saturated heterocycles. The van der Waals surface area contributed by atoms with E-state index >= 15 is 0 Å². The summed E-state index contributed by atoms with van der Waals surface area (Å²) >= 11 is 0. The molecule has 0 unspecified atom stereocenters. The summed E-state index contributed by atoms with van der Waals surface area (Å²) in [5.41, 5.74) is 0. The molecule has 0 aliphatic rings. The highest BCUT2D eigenvalue weighted by Crippen LogP contribution is 2.15. The number of nitrogens with zero attached hydrogens (tertiary/aromatic N) is 1. The van der Waals surface area contributed by atoms with Gasteiger partial charge >= 0.3 is 0 Å². The molecule has 0 aromatic carbocycles. The Morgan fingerprint density at radius 3 is 1.19 bits per heavy atom. The number of quaternary nitrogens is 1. The first-order chi connectivity index (χ1) is 9.74. The predicted octanol–water partition coefficient (Wildman–Crippen LogP) is 3.18. The molecule has 0 atom stereocenters. The summed E-state index contributed by atoms with van der Waals surface area (Å²) in [6.45, 7) is 15.0. The van der Waals surface area contributed by atoms with Crippen molar-refractivity contribution in [3.63, 3.8) is 0 Å². The lowest BCUT2D eigenvalue weighted by Crippen LogP contribution is -3.00. The van der Waals surface area contributed by atoms with Crippen molar-refractivity contribution < 1.29 is 21.5 Å². The molecule has 1 nitrogen and oxygen atoms in total. The monoisotopic (exact) mass is 363 g/mol. The summed E-state index contributed by atoms with van der Waals surface area (Å²) < 4.78 is 1.40. The lowest BCUT2D eigenvalue weighted by atomic mass is 10.1. The second kappa shape index (κ2) is 16.8. The number of hydrogen-bond donors (Lipinski definition) is 0. The van der Waals surface area contributed by atoms with Gasteiger partial charge in [-0.05, 0) is 32.1 Å². The highest BCUT2D eigenvalue weighted by atomic mass is 79.9. The van der Waals surface area contributed by atoms with Gasteiger partial charge in [-0.2, -0.15) is 0 Å². The summed E-state index contributed by atoms with van der Waals surface area (Å²) in [5, 5.41) is 0. The zero-order valence-corrected chi connectivity index (χ0v) is 17.0. The van der Waals surface area contributed by atoms with Gasteiger partial charge in [0, 0.05) is 0 Å². The minimum Gasteiger partial charge on any atom is -1.00 e. The number of halogens is 1. The Kier molecular flexibility index (Phi) is 19.0. The van der Waals surface area contributed by atoms with Crippen LogP contribution in [-0.2, 0) is 0 Å². The van der Waals surface area contributed by atoms with Gasteiger partial charge in [0.25, 0.3) is 0 Å². The van der Waals surface area contributed by atoms with Crippen molar-refractivity contribution in [3.05, 3.63) is 0 Å². The number of rotatable bonds is 15. The highest BCUT2D eigenvalue weighted by Gasteiger charge is 2.23. The van der Waals surface area contributed by atoms with E-state index in [1.54, 1.807) is 0 Å². The predicted molar refractivity (Wildman–Crippen MR) is 93.2 cm³/mol. The van der Waals surface area contributed by atoms with E-state index in [1.807, 2.05) is 0 Å². The molecule has 0 rings (SSSR count). The van der Waals surface area contributed by atoms with E-state index in [0.29, 0.717) is 0 Å². The van der Waals surface area contributed by atoms with E-state index < -0.39 is 0 Å². The quantitative estimate of drug-likeness (QED) is 0.309. The molecule has 0 bridgehead atoms. The summed E-state index contributed by atoms with van der Waals surface area (Å²) in [7, 11) is 0. The van der Waals surface area contributed by atoms with Gasteiger partial charge < -0.3 is 21.5 Å². The van der Waals surface area contributed by atoms with E-state index in [1.165, 1.54) is 101 Å². The van der Waals surface area contributed by atoms with E-state index in [-0.39, 0.29) is 17.0 Å². The van der Waals surface area contributed by atoms with Crippen molar-refractivity contribution in [2.45, 2.75) is 98.3 Å². The Morgan fingerprint density at radius 1 is 0.429 bits per heavy atom. The summed E-state index contributed by atoms with van der Waals surface area (Å²) in [5.74, 6) is 0. The third-order valence-corrected chi connectivity index (χ3v) is 4.58. The van der Waals surface area contributed by atoms with Crippen molar-refractivity contribution >= 4 is 0 Å². The number of hydrogen-bond acceptors (Lipinski definition) is 0. The van der Waals surface area contributed by atoms with Crippen molar-refractivity contribution in [1.29, 1.82) is 0 Å². The molecule has 0 fully saturated rings. The molecule has 0 amide bonds. The maximum atomic E-state index is 2.35. The largest absolute Gasteiger partial charge is 1.00 e. The summed E-state index contributed by atoms with van der Waals surface area (Å²) in [6, 6.07) is 0. The SMILES string of the molecule is CCCCCCCCCC[N+](CCC)(CCC)CCC.[Br-]. The molecule has 0 heterocycles. The normalized spacial score (nSPS) is 11.4. The molecular formula is C19H42BrN. The number of unbranched alkanes of at least 4 members (excludes halogenated alkanes) is 7. The fourth-order valence-electron chi connectivity index (χ4n) is 3.67. The second-order valence-corrected chi connectivity index (χ2v) is 6.71. The third kappa shape index (κ3) is 12.6. The van der Waals surface area contributed by atoms with Crippen LogP contribution in [0.5, 0.6) is 0 Å². The van der Waals surface area contributed by atoms with Gasteiger partial charge in [-0.25, -0.2) is 0 Å².